The van der Waals surface area contributed by atoms with Crippen LogP contribution in [0.5, 0.6) is 0 Å². The SMILES string of the molecule is CC1CCCCCN1c1ccc(C(N)=S)cc1Br. The monoisotopic (exact) mass is 326 g/mol. The van der Waals surface area contributed by atoms with Gasteiger partial charge >= 0.3 is 0 Å². The highest BCUT2D eigenvalue weighted by atomic mass is 79.9. The molecule has 1 unspecified atom stereocenters. The van der Waals surface area contributed by atoms with Crippen molar-refractivity contribution < 1.29 is 0 Å². The molecule has 1 fully saturated rings. The highest BCUT2D eigenvalue weighted by Gasteiger charge is 2.19. The molecule has 2 rings (SSSR count). The first-order chi connectivity index (χ1) is 8.59. The summed E-state index contributed by atoms with van der Waals surface area (Å²) in [7, 11) is 0. The van der Waals surface area contributed by atoms with Crippen molar-refractivity contribution in [2.45, 2.75) is 38.6 Å². The second kappa shape index (κ2) is 6.02. The van der Waals surface area contributed by atoms with Crippen molar-refractivity contribution in [2.75, 3.05) is 11.4 Å². The van der Waals surface area contributed by atoms with Crippen molar-refractivity contribution in [3.63, 3.8) is 0 Å². The molecule has 0 spiro atoms. The quantitative estimate of drug-likeness (QED) is 0.837. The first-order valence-electron chi connectivity index (χ1n) is 6.45. The normalized spacial score (nSPS) is 20.6. The van der Waals surface area contributed by atoms with E-state index in [1.807, 2.05) is 12.1 Å². The second-order valence-electron chi connectivity index (χ2n) is 4.92. The molecule has 1 aliphatic rings. The van der Waals surface area contributed by atoms with Crippen LogP contribution in [0, 0.1) is 0 Å². The topological polar surface area (TPSA) is 29.3 Å². The largest absolute Gasteiger partial charge is 0.389 e. The summed E-state index contributed by atoms with van der Waals surface area (Å²) >= 11 is 8.66. The summed E-state index contributed by atoms with van der Waals surface area (Å²) in [5.41, 5.74) is 7.83. The molecule has 0 saturated carbocycles. The smallest absolute Gasteiger partial charge is 0.104 e. The molecule has 0 amide bonds. The van der Waals surface area contributed by atoms with E-state index in [9.17, 15) is 0 Å². The van der Waals surface area contributed by atoms with Gasteiger partial charge in [0.2, 0.25) is 0 Å². The molecule has 0 bridgehead atoms. The lowest BCUT2D eigenvalue weighted by atomic mass is 10.1. The maximum atomic E-state index is 5.66. The molecule has 1 aromatic carbocycles. The molecule has 1 aromatic rings. The van der Waals surface area contributed by atoms with Gasteiger partial charge in [0.05, 0.1) is 5.69 Å². The minimum absolute atomic E-state index is 0.450. The summed E-state index contributed by atoms with van der Waals surface area (Å²) < 4.78 is 1.08. The number of hydrogen-bond donors (Lipinski definition) is 1. The summed E-state index contributed by atoms with van der Waals surface area (Å²) in [6, 6.07) is 6.76. The lowest BCUT2D eigenvalue weighted by Crippen LogP contribution is -2.32. The Labute approximate surface area is 123 Å². The van der Waals surface area contributed by atoms with E-state index in [1.165, 1.54) is 31.4 Å². The van der Waals surface area contributed by atoms with Crippen molar-refractivity contribution >= 4 is 38.8 Å². The van der Waals surface area contributed by atoms with Gasteiger partial charge in [-0.15, -0.1) is 0 Å². The molecular formula is C14H19BrN2S. The lowest BCUT2D eigenvalue weighted by Gasteiger charge is -2.30. The molecule has 0 radical (unpaired) electrons. The third kappa shape index (κ3) is 3.04. The molecule has 18 heavy (non-hydrogen) atoms. The van der Waals surface area contributed by atoms with E-state index in [2.05, 4.69) is 33.8 Å². The fourth-order valence-electron chi connectivity index (χ4n) is 2.53. The molecule has 1 aliphatic heterocycles. The van der Waals surface area contributed by atoms with E-state index in [-0.39, 0.29) is 0 Å². The molecule has 1 atom stereocenters. The maximum absolute atomic E-state index is 5.66. The minimum Gasteiger partial charge on any atom is -0.389 e. The lowest BCUT2D eigenvalue weighted by molar-refractivity contribution is 0.615. The van der Waals surface area contributed by atoms with Gasteiger partial charge in [0.15, 0.2) is 0 Å². The standard InChI is InChI=1S/C14H19BrN2S/c1-10-5-3-2-4-8-17(10)13-7-6-11(14(16)18)9-12(13)15/h6-7,9-10H,2-5,8H2,1H3,(H2,16,18). The van der Waals surface area contributed by atoms with Crippen LogP contribution in [0.3, 0.4) is 0 Å². The van der Waals surface area contributed by atoms with Crippen LogP contribution in [-0.2, 0) is 0 Å². The Kier molecular flexibility index (Phi) is 4.62. The van der Waals surface area contributed by atoms with Gasteiger partial charge in [-0.2, -0.15) is 0 Å². The Morgan fingerprint density at radius 2 is 2.17 bits per heavy atom. The Bertz CT molecular complexity index is 447. The van der Waals surface area contributed by atoms with Crippen molar-refractivity contribution in [3.8, 4) is 0 Å². The maximum Gasteiger partial charge on any atom is 0.104 e. The molecule has 2 N–H and O–H groups in total. The van der Waals surface area contributed by atoms with E-state index < -0.39 is 0 Å². The molecular weight excluding hydrogens is 308 g/mol. The zero-order valence-corrected chi connectivity index (χ0v) is 13.1. The van der Waals surface area contributed by atoms with Gasteiger partial charge in [-0.25, -0.2) is 0 Å². The van der Waals surface area contributed by atoms with Gasteiger partial charge in [-0.3, -0.25) is 0 Å². The van der Waals surface area contributed by atoms with Gasteiger partial charge in [-0.05, 0) is 53.9 Å². The van der Waals surface area contributed by atoms with Crippen LogP contribution in [0.2, 0.25) is 0 Å². The van der Waals surface area contributed by atoms with E-state index in [0.717, 1.165) is 16.6 Å². The van der Waals surface area contributed by atoms with E-state index in [1.54, 1.807) is 0 Å². The average molecular weight is 327 g/mol. The summed E-state index contributed by atoms with van der Waals surface area (Å²) in [5.74, 6) is 0. The highest BCUT2D eigenvalue weighted by Crippen LogP contribution is 2.31. The number of anilines is 1. The van der Waals surface area contributed by atoms with Crippen LogP contribution in [0.1, 0.15) is 38.2 Å². The molecule has 1 saturated heterocycles. The molecule has 1 heterocycles. The van der Waals surface area contributed by atoms with Crippen LogP contribution in [0.25, 0.3) is 0 Å². The molecule has 98 valence electrons. The van der Waals surface area contributed by atoms with Gasteiger partial charge in [0.1, 0.15) is 4.99 Å². The zero-order chi connectivity index (χ0) is 13.1. The third-order valence-electron chi connectivity index (χ3n) is 3.59. The van der Waals surface area contributed by atoms with Crippen molar-refractivity contribution in [3.05, 3.63) is 28.2 Å². The molecule has 4 heteroatoms. The Balaban J connectivity index is 2.29. The van der Waals surface area contributed by atoms with Gasteiger partial charge in [-0.1, -0.05) is 25.1 Å². The zero-order valence-electron chi connectivity index (χ0n) is 10.7. The van der Waals surface area contributed by atoms with Crippen LogP contribution < -0.4 is 10.6 Å². The number of halogens is 1. The molecule has 0 aromatic heterocycles. The first-order valence-corrected chi connectivity index (χ1v) is 7.65. The predicted molar refractivity (Wildman–Crippen MR) is 85.3 cm³/mol. The number of benzene rings is 1. The Morgan fingerprint density at radius 1 is 1.39 bits per heavy atom. The van der Waals surface area contributed by atoms with E-state index in [0.29, 0.717) is 11.0 Å². The summed E-state index contributed by atoms with van der Waals surface area (Å²) in [6.45, 7) is 3.44. The van der Waals surface area contributed by atoms with Crippen molar-refractivity contribution in [1.82, 2.24) is 0 Å². The second-order valence-corrected chi connectivity index (χ2v) is 6.22. The van der Waals surface area contributed by atoms with E-state index >= 15 is 0 Å². The minimum atomic E-state index is 0.450. The first kappa shape index (κ1) is 13.8. The summed E-state index contributed by atoms with van der Waals surface area (Å²) in [6.07, 6.45) is 5.21. The molecule has 0 aliphatic carbocycles. The summed E-state index contributed by atoms with van der Waals surface area (Å²) in [4.78, 5) is 2.94. The highest BCUT2D eigenvalue weighted by molar-refractivity contribution is 9.10. The number of nitrogens with two attached hydrogens (primary N) is 1. The van der Waals surface area contributed by atoms with Crippen LogP contribution in [-0.4, -0.2) is 17.6 Å². The van der Waals surface area contributed by atoms with Gasteiger partial charge in [0.25, 0.3) is 0 Å². The summed E-state index contributed by atoms with van der Waals surface area (Å²) in [5, 5.41) is 0. The van der Waals surface area contributed by atoms with Crippen LogP contribution >= 0.6 is 28.1 Å². The van der Waals surface area contributed by atoms with Crippen LogP contribution in [0.15, 0.2) is 22.7 Å². The fraction of sp³-hybridized carbons (Fsp3) is 0.500. The average Bonchev–Trinajstić information content (AvgIpc) is 2.54. The van der Waals surface area contributed by atoms with E-state index in [4.69, 9.17) is 18.0 Å². The fourth-order valence-corrected chi connectivity index (χ4v) is 3.26. The number of rotatable bonds is 2. The Hall–Kier alpha value is -0.610. The molecule has 2 nitrogen and oxygen atoms in total. The van der Waals surface area contributed by atoms with Crippen LogP contribution in [0.4, 0.5) is 5.69 Å². The number of thiocarbonyl (C=S) groups is 1. The predicted octanol–water partition coefficient (Wildman–Crippen LogP) is 3.85. The van der Waals surface area contributed by atoms with Gasteiger partial charge < -0.3 is 10.6 Å². The number of hydrogen-bond acceptors (Lipinski definition) is 2. The third-order valence-corrected chi connectivity index (χ3v) is 4.47. The number of nitrogens with zero attached hydrogens (tertiary/aromatic N) is 1. The van der Waals surface area contributed by atoms with Crippen molar-refractivity contribution in [2.24, 2.45) is 5.73 Å². The van der Waals surface area contributed by atoms with Gasteiger partial charge in [0, 0.05) is 22.6 Å². The van der Waals surface area contributed by atoms with Crippen molar-refractivity contribution in [1.29, 1.82) is 0 Å². The Morgan fingerprint density at radius 3 is 2.83 bits per heavy atom.